The van der Waals surface area contributed by atoms with E-state index in [1.165, 1.54) is 30.0 Å². The molecule has 1 saturated heterocycles. The van der Waals surface area contributed by atoms with Crippen LogP contribution in [0, 0.1) is 5.82 Å². The third-order valence-corrected chi connectivity index (χ3v) is 6.13. The fraction of sp³-hybridized carbons (Fsp3) is 0.250. The summed E-state index contributed by atoms with van der Waals surface area (Å²) in [4.78, 5) is 4.14. The van der Waals surface area contributed by atoms with Crippen LogP contribution in [-0.2, 0) is 10.2 Å². The molecule has 1 aromatic heterocycles. The van der Waals surface area contributed by atoms with Crippen LogP contribution in [0.4, 0.5) is 10.1 Å². The molecule has 10 nitrogen and oxygen atoms in total. The Kier molecular flexibility index (Phi) is 5.59. The number of hydrogen-bond acceptors (Lipinski definition) is 8. The lowest BCUT2D eigenvalue weighted by Crippen LogP contribution is -2.54. The molecule has 0 spiro atoms. The van der Waals surface area contributed by atoms with Gasteiger partial charge in [-0.05, 0) is 44.4 Å². The largest absolute Gasteiger partial charge is 0.290 e. The highest BCUT2D eigenvalue weighted by Crippen LogP contribution is 2.31. The predicted octanol–water partition coefficient (Wildman–Crippen LogP) is 1.01. The number of hydroxylamine groups is 1. The van der Waals surface area contributed by atoms with Gasteiger partial charge in [0.2, 0.25) is 0 Å². The van der Waals surface area contributed by atoms with Crippen molar-refractivity contribution in [1.29, 1.82) is 0 Å². The smallest absolute Gasteiger partial charge is 0.276 e. The summed E-state index contributed by atoms with van der Waals surface area (Å²) in [5, 5.41) is 22.1. The van der Waals surface area contributed by atoms with Gasteiger partial charge in [0.25, 0.3) is 10.2 Å². The Morgan fingerprint density at radius 3 is 2.85 bits per heavy atom. The number of benzene rings is 1. The number of hydrogen-bond donors (Lipinski definition) is 3. The number of nitrogens with zero attached hydrogens (tertiary/aromatic N) is 4. The summed E-state index contributed by atoms with van der Waals surface area (Å²) in [6, 6.07) is 4.04. The lowest BCUT2D eigenvalue weighted by atomic mass is 10.3. The maximum absolute atomic E-state index is 13.3. The summed E-state index contributed by atoms with van der Waals surface area (Å²) in [6.45, 7) is 0.444. The Hall–Kier alpha value is -1.58. The third kappa shape index (κ3) is 4.21. The highest BCUT2D eigenvalue weighted by atomic mass is 79.9. The van der Waals surface area contributed by atoms with E-state index < -0.39 is 16.0 Å². The van der Waals surface area contributed by atoms with Crippen molar-refractivity contribution in [2.75, 3.05) is 13.1 Å². The Labute approximate surface area is 159 Å². The molecule has 1 aliphatic rings. The molecular formula is C12H12BrFN6O4S2. The molecule has 0 atom stereocenters. The van der Waals surface area contributed by atoms with Crippen molar-refractivity contribution in [3.05, 3.63) is 34.2 Å². The van der Waals surface area contributed by atoms with E-state index in [0.29, 0.717) is 10.7 Å². The van der Waals surface area contributed by atoms with Crippen molar-refractivity contribution < 1.29 is 22.6 Å². The van der Waals surface area contributed by atoms with Gasteiger partial charge in [0.15, 0.2) is 16.6 Å². The molecule has 1 aliphatic heterocycles. The van der Waals surface area contributed by atoms with E-state index in [2.05, 4.69) is 31.2 Å². The van der Waals surface area contributed by atoms with E-state index in [-0.39, 0.29) is 34.3 Å². The number of aromatic nitrogens is 2. The number of aliphatic imine (C=N–C) groups is 1. The Morgan fingerprint density at radius 2 is 2.23 bits per heavy atom. The number of thioether (sulfide) groups is 1. The minimum atomic E-state index is -3.71. The van der Waals surface area contributed by atoms with Gasteiger partial charge >= 0.3 is 0 Å². The van der Waals surface area contributed by atoms with Gasteiger partial charge in [0.1, 0.15) is 5.82 Å². The van der Waals surface area contributed by atoms with Crippen LogP contribution in [0.5, 0.6) is 0 Å². The molecule has 0 aliphatic carbocycles. The van der Waals surface area contributed by atoms with E-state index in [9.17, 15) is 18.0 Å². The molecule has 1 aromatic carbocycles. The molecule has 0 radical (unpaired) electrons. The molecule has 1 fully saturated rings. The molecule has 3 rings (SSSR count). The van der Waals surface area contributed by atoms with E-state index in [1.54, 1.807) is 0 Å². The number of amidine groups is 1. The average Bonchev–Trinajstić information content (AvgIpc) is 2.98. The first-order chi connectivity index (χ1) is 12.3. The summed E-state index contributed by atoms with van der Waals surface area (Å²) in [5.74, 6) is -0.513. The van der Waals surface area contributed by atoms with Gasteiger partial charge in [0.05, 0.1) is 10.2 Å². The van der Waals surface area contributed by atoms with Gasteiger partial charge in [-0.1, -0.05) is 11.8 Å². The first-order valence-electron chi connectivity index (χ1n) is 6.99. The third-order valence-electron chi connectivity index (χ3n) is 3.39. The summed E-state index contributed by atoms with van der Waals surface area (Å²) in [6.07, 6.45) is 0. The SMILES string of the molecule is NS(=O)(=O)N1CC(Sc2nonc2C(=Nc2ccc(F)c(Br)c2)NO)C1. The van der Waals surface area contributed by atoms with E-state index >= 15 is 0 Å². The molecule has 2 heterocycles. The molecule has 14 heteroatoms. The summed E-state index contributed by atoms with van der Waals surface area (Å²) in [7, 11) is -3.71. The van der Waals surface area contributed by atoms with Crippen molar-refractivity contribution in [2.24, 2.45) is 10.1 Å². The number of nitrogens with one attached hydrogen (secondary N) is 1. The monoisotopic (exact) mass is 466 g/mol. The van der Waals surface area contributed by atoms with Crippen molar-refractivity contribution in [2.45, 2.75) is 10.3 Å². The fourth-order valence-corrected chi connectivity index (χ4v) is 4.54. The van der Waals surface area contributed by atoms with Crippen molar-refractivity contribution >= 4 is 49.4 Å². The van der Waals surface area contributed by atoms with Crippen LogP contribution in [-0.4, -0.2) is 52.4 Å². The second kappa shape index (κ2) is 7.58. The highest BCUT2D eigenvalue weighted by molar-refractivity contribution is 9.10. The lowest BCUT2D eigenvalue weighted by Gasteiger charge is -2.35. The van der Waals surface area contributed by atoms with Crippen molar-refractivity contribution in [3.63, 3.8) is 0 Å². The van der Waals surface area contributed by atoms with Crippen LogP contribution in [0.25, 0.3) is 0 Å². The average molecular weight is 467 g/mol. The van der Waals surface area contributed by atoms with E-state index in [1.807, 2.05) is 5.48 Å². The van der Waals surface area contributed by atoms with Crippen LogP contribution in [0.1, 0.15) is 5.69 Å². The Bertz CT molecular complexity index is 947. The second-order valence-corrected chi connectivity index (χ2v) is 8.88. The molecule has 0 unspecified atom stereocenters. The molecule has 0 saturated carbocycles. The molecule has 2 aromatic rings. The maximum atomic E-state index is 13.3. The Morgan fingerprint density at radius 1 is 1.50 bits per heavy atom. The van der Waals surface area contributed by atoms with Gasteiger partial charge in [0, 0.05) is 18.3 Å². The summed E-state index contributed by atoms with van der Waals surface area (Å²) < 4.78 is 41.7. The second-order valence-electron chi connectivity index (χ2n) is 5.19. The van der Waals surface area contributed by atoms with Crippen LogP contribution in [0.3, 0.4) is 0 Å². The number of nitrogens with two attached hydrogens (primary N) is 1. The molecule has 0 bridgehead atoms. The summed E-state index contributed by atoms with van der Waals surface area (Å²) in [5.41, 5.74) is 2.39. The zero-order valence-electron chi connectivity index (χ0n) is 12.8. The van der Waals surface area contributed by atoms with Gasteiger partial charge in [-0.15, -0.1) is 0 Å². The quantitative estimate of drug-likeness (QED) is 0.335. The molecular weight excluding hydrogens is 455 g/mol. The molecule has 0 amide bonds. The minimum absolute atomic E-state index is 0.0603. The molecule has 4 N–H and O–H groups in total. The van der Waals surface area contributed by atoms with Crippen LogP contribution < -0.4 is 10.6 Å². The number of halogens is 2. The predicted molar refractivity (Wildman–Crippen MR) is 93.8 cm³/mol. The first kappa shape index (κ1) is 19.2. The Balaban J connectivity index is 1.78. The lowest BCUT2D eigenvalue weighted by molar-refractivity contribution is 0.234. The normalized spacial score (nSPS) is 16.5. The molecule has 26 heavy (non-hydrogen) atoms. The van der Waals surface area contributed by atoms with Crippen molar-refractivity contribution in [1.82, 2.24) is 20.1 Å². The standard InChI is InChI=1S/C12H12BrFN6O4S2/c13-8-3-6(1-2-9(8)14)16-11(17-21)10-12(19-24-18-10)25-7-4-20(5-7)26(15,22)23/h1-3,7,21H,4-5H2,(H,16,17)(H2,15,22,23). The van der Waals surface area contributed by atoms with Gasteiger partial charge in [-0.2, -0.15) is 12.7 Å². The summed E-state index contributed by atoms with van der Waals surface area (Å²) >= 11 is 4.26. The fourth-order valence-electron chi connectivity index (χ4n) is 2.06. The highest BCUT2D eigenvalue weighted by Gasteiger charge is 2.36. The van der Waals surface area contributed by atoms with Crippen LogP contribution in [0.2, 0.25) is 0 Å². The number of rotatable bonds is 5. The van der Waals surface area contributed by atoms with Gasteiger partial charge in [-0.3, -0.25) is 10.7 Å². The van der Waals surface area contributed by atoms with Crippen LogP contribution in [0.15, 0.2) is 37.3 Å². The zero-order chi connectivity index (χ0) is 18.9. The minimum Gasteiger partial charge on any atom is -0.290 e. The first-order valence-corrected chi connectivity index (χ1v) is 10.2. The van der Waals surface area contributed by atoms with E-state index in [4.69, 9.17) is 9.77 Å². The topological polar surface area (TPSA) is 147 Å². The van der Waals surface area contributed by atoms with Gasteiger partial charge < -0.3 is 0 Å². The van der Waals surface area contributed by atoms with E-state index in [0.717, 1.165) is 4.31 Å². The maximum Gasteiger partial charge on any atom is 0.276 e. The van der Waals surface area contributed by atoms with Gasteiger partial charge in [-0.25, -0.2) is 19.2 Å². The molecule has 140 valence electrons. The van der Waals surface area contributed by atoms with Crippen LogP contribution >= 0.6 is 27.7 Å². The van der Waals surface area contributed by atoms with Crippen molar-refractivity contribution in [3.8, 4) is 0 Å². The zero-order valence-corrected chi connectivity index (χ0v) is 16.1.